The predicted molar refractivity (Wildman–Crippen MR) is 115 cm³/mol. The summed E-state index contributed by atoms with van der Waals surface area (Å²) in [5.74, 6) is -0.205. The first kappa shape index (κ1) is 19.2. The summed E-state index contributed by atoms with van der Waals surface area (Å²) in [6.45, 7) is 4.96. The van der Waals surface area contributed by atoms with E-state index in [0.29, 0.717) is 24.2 Å². The summed E-state index contributed by atoms with van der Waals surface area (Å²) < 4.78 is 0. The number of piperazine rings is 1. The van der Waals surface area contributed by atoms with Crippen molar-refractivity contribution in [2.75, 3.05) is 26.2 Å². The van der Waals surface area contributed by atoms with Crippen molar-refractivity contribution < 1.29 is 9.59 Å². The molecular weight excluding hydrogens is 362 g/mol. The van der Waals surface area contributed by atoms with E-state index in [-0.39, 0.29) is 17.9 Å². The van der Waals surface area contributed by atoms with Crippen LogP contribution in [0.5, 0.6) is 0 Å². The van der Waals surface area contributed by atoms with Crippen LogP contribution in [0.4, 0.5) is 0 Å². The number of hydrogen-bond donors (Lipinski definition) is 2. The van der Waals surface area contributed by atoms with E-state index < -0.39 is 0 Å². The van der Waals surface area contributed by atoms with Crippen LogP contribution in [0.1, 0.15) is 39.2 Å². The molecule has 0 radical (unpaired) electrons. The van der Waals surface area contributed by atoms with Crippen LogP contribution in [0.25, 0.3) is 10.8 Å². The van der Waals surface area contributed by atoms with Crippen molar-refractivity contribution in [3.63, 3.8) is 0 Å². The largest absolute Gasteiger partial charge is 0.345 e. The second kappa shape index (κ2) is 8.45. The van der Waals surface area contributed by atoms with Crippen LogP contribution in [-0.2, 0) is 0 Å². The normalized spacial score (nSPS) is 15.1. The van der Waals surface area contributed by atoms with E-state index in [4.69, 9.17) is 0 Å². The lowest BCUT2D eigenvalue weighted by Crippen LogP contribution is -2.46. The molecule has 1 fully saturated rings. The third-order valence-electron chi connectivity index (χ3n) is 5.41. The SMILES string of the molecule is C[C@@H](NC(=O)c1cccc(C(=O)N2CCNCC2)c1)c1cccc2ccccc12. The molecule has 0 saturated carbocycles. The van der Waals surface area contributed by atoms with Crippen molar-refractivity contribution in [1.82, 2.24) is 15.5 Å². The zero-order valence-corrected chi connectivity index (χ0v) is 16.5. The van der Waals surface area contributed by atoms with Crippen molar-refractivity contribution in [2.24, 2.45) is 0 Å². The molecule has 0 spiro atoms. The van der Waals surface area contributed by atoms with E-state index in [0.717, 1.165) is 29.4 Å². The molecule has 0 bridgehead atoms. The van der Waals surface area contributed by atoms with Crippen molar-refractivity contribution in [3.8, 4) is 0 Å². The van der Waals surface area contributed by atoms with Gasteiger partial charge in [-0.3, -0.25) is 9.59 Å². The molecule has 29 heavy (non-hydrogen) atoms. The van der Waals surface area contributed by atoms with Crippen molar-refractivity contribution in [3.05, 3.63) is 83.4 Å². The van der Waals surface area contributed by atoms with Gasteiger partial charge in [0.2, 0.25) is 0 Å². The summed E-state index contributed by atoms with van der Waals surface area (Å²) in [5.41, 5.74) is 2.12. The van der Waals surface area contributed by atoms with Crippen LogP contribution in [0.2, 0.25) is 0 Å². The van der Waals surface area contributed by atoms with Gasteiger partial charge in [-0.25, -0.2) is 0 Å². The molecule has 5 heteroatoms. The van der Waals surface area contributed by atoms with E-state index >= 15 is 0 Å². The van der Waals surface area contributed by atoms with E-state index in [9.17, 15) is 9.59 Å². The van der Waals surface area contributed by atoms with Crippen molar-refractivity contribution in [2.45, 2.75) is 13.0 Å². The first-order valence-corrected chi connectivity index (χ1v) is 10.0. The van der Waals surface area contributed by atoms with Crippen LogP contribution in [0.15, 0.2) is 66.7 Å². The molecule has 0 aromatic heterocycles. The number of benzene rings is 3. The Morgan fingerprint density at radius 3 is 2.45 bits per heavy atom. The molecule has 0 aliphatic carbocycles. The van der Waals surface area contributed by atoms with Crippen LogP contribution < -0.4 is 10.6 Å². The molecule has 2 amide bonds. The first-order valence-electron chi connectivity index (χ1n) is 10.0. The zero-order valence-electron chi connectivity index (χ0n) is 16.5. The highest BCUT2D eigenvalue weighted by atomic mass is 16.2. The number of nitrogens with one attached hydrogen (secondary N) is 2. The summed E-state index contributed by atoms with van der Waals surface area (Å²) in [6.07, 6.45) is 0. The Kier molecular flexibility index (Phi) is 5.58. The van der Waals surface area contributed by atoms with Gasteiger partial charge in [-0.05, 0) is 41.5 Å². The smallest absolute Gasteiger partial charge is 0.253 e. The van der Waals surface area contributed by atoms with Gasteiger partial charge in [0, 0.05) is 37.3 Å². The number of amides is 2. The lowest BCUT2D eigenvalue weighted by Gasteiger charge is -2.27. The molecule has 1 aliphatic rings. The summed E-state index contributed by atoms with van der Waals surface area (Å²) in [7, 11) is 0. The maximum atomic E-state index is 12.9. The summed E-state index contributed by atoms with van der Waals surface area (Å²) >= 11 is 0. The van der Waals surface area contributed by atoms with Gasteiger partial charge >= 0.3 is 0 Å². The number of hydrogen-bond acceptors (Lipinski definition) is 3. The molecule has 3 aromatic rings. The molecule has 1 saturated heterocycles. The minimum atomic E-state index is -0.180. The Morgan fingerprint density at radius 2 is 1.62 bits per heavy atom. The fraction of sp³-hybridized carbons (Fsp3) is 0.250. The van der Waals surface area contributed by atoms with Gasteiger partial charge in [0.1, 0.15) is 0 Å². The van der Waals surface area contributed by atoms with Gasteiger partial charge in [-0.2, -0.15) is 0 Å². The standard InChI is InChI=1S/C24H25N3O2/c1-17(21-11-5-7-18-6-2-3-10-22(18)21)26-23(28)19-8-4-9-20(16-19)24(29)27-14-12-25-13-15-27/h2-11,16-17,25H,12-15H2,1H3,(H,26,28)/t17-/m1/s1. The molecule has 0 unspecified atom stereocenters. The minimum Gasteiger partial charge on any atom is -0.345 e. The molecule has 1 aliphatic heterocycles. The van der Waals surface area contributed by atoms with Crippen LogP contribution in [0, 0.1) is 0 Å². The minimum absolute atomic E-state index is 0.0248. The Labute approximate surface area is 170 Å². The highest BCUT2D eigenvalue weighted by Crippen LogP contribution is 2.24. The van der Waals surface area contributed by atoms with Gasteiger partial charge < -0.3 is 15.5 Å². The Bertz CT molecular complexity index is 1040. The monoisotopic (exact) mass is 387 g/mol. The molecule has 1 atom stereocenters. The second-order valence-corrected chi connectivity index (χ2v) is 7.39. The van der Waals surface area contributed by atoms with Crippen LogP contribution >= 0.6 is 0 Å². The highest BCUT2D eigenvalue weighted by molar-refractivity contribution is 6.00. The maximum Gasteiger partial charge on any atom is 0.253 e. The molecule has 2 N–H and O–H groups in total. The van der Waals surface area contributed by atoms with Crippen molar-refractivity contribution in [1.29, 1.82) is 0 Å². The van der Waals surface area contributed by atoms with E-state index in [1.54, 1.807) is 24.3 Å². The Morgan fingerprint density at radius 1 is 0.931 bits per heavy atom. The third kappa shape index (κ3) is 4.15. The lowest BCUT2D eigenvalue weighted by atomic mass is 9.99. The Balaban J connectivity index is 1.51. The number of carbonyl (C=O) groups is 2. The summed E-state index contributed by atoms with van der Waals surface area (Å²) in [5, 5.41) is 8.60. The number of rotatable bonds is 4. The topological polar surface area (TPSA) is 61.4 Å². The highest BCUT2D eigenvalue weighted by Gasteiger charge is 2.20. The summed E-state index contributed by atoms with van der Waals surface area (Å²) in [6, 6.07) is 21.1. The fourth-order valence-corrected chi connectivity index (χ4v) is 3.83. The third-order valence-corrected chi connectivity index (χ3v) is 5.41. The second-order valence-electron chi connectivity index (χ2n) is 7.39. The van der Waals surface area contributed by atoms with Crippen LogP contribution in [0.3, 0.4) is 0 Å². The van der Waals surface area contributed by atoms with Gasteiger partial charge in [-0.1, -0.05) is 48.5 Å². The van der Waals surface area contributed by atoms with E-state index in [1.807, 2.05) is 36.1 Å². The Hall–Kier alpha value is -3.18. The fourth-order valence-electron chi connectivity index (χ4n) is 3.83. The lowest BCUT2D eigenvalue weighted by molar-refractivity contribution is 0.0736. The predicted octanol–water partition coefficient (Wildman–Crippen LogP) is 3.38. The number of carbonyl (C=O) groups excluding carboxylic acids is 2. The molecule has 5 nitrogen and oxygen atoms in total. The molecule has 1 heterocycles. The average molecular weight is 387 g/mol. The quantitative estimate of drug-likeness (QED) is 0.722. The maximum absolute atomic E-state index is 12.9. The molecule has 148 valence electrons. The molecular formula is C24H25N3O2. The van der Waals surface area contributed by atoms with Crippen molar-refractivity contribution >= 4 is 22.6 Å². The van der Waals surface area contributed by atoms with Gasteiger partial charge in [-0.15, -0.1) is 0 Å². The average Bonchev–Trinajstić information content (AvgIpc) is 2.78. The van der Waals surface area contributed by atoms with Gasteiger partial charge in [0.05, 0.1) is 6.04 Å². The molecule has 3 aromatic carbocycles. The summed E-state index contributed by atoms with van der Waals surface area (Å²) in [4.78, 5) is 27.4. The number of nitrogens with zero attached hydrogens (tertiary/aromatic N) is 1. The van der Waals surface area contributed by atoms with Gasteiger partial charge in [0.25, 0.3) is 11.8 Å². The first-order chi connectivity index (χ1) is 14.1. The van der Waals surface area contributed by atoms with E-state index in [1.165, 1.54) is 0 Å². The zero-order chi connectivity index (χ0) is 20.2. The number of fused-ring (bicyclic) bond motifs is 1. The van der Waals surface area contributed by atoms with E-state index in [2.05, 4.69) is 28.8 Å². The molecule has 4 rings (SSSR count). The van der Waals surface area contributed by atoms with Crippen LogP contribution in [-0.4, -0.2) is 42.9 Å². The van der Waals surface area contributed by atoms with Gasteiger partial charge in [0.15, 0.2) is 0 Å².